The maximum absolute atomic E-state index is 2.37. The van der Waals surface area contributed by atoms with Crippen molar-refractivity contribution >= 4 is 21.6 Å². The molecule has 0 nitrogen and oxygen atoms in total. The van der Waals surface area contributed by atoms with Crippen LogP contribution in [0.3, 0.4) is 0 Å². The Labute approximate surface area is 91.4 Å². The molecule has 0 bridgehead atoms. The zero-order valence-corrected chi connectivity index (χ0v) is 10.7. The predicted molar refractivity (Wildman–Crippen MR) is 69.2 cm³/mol. The van der Waals surface area contributed by atoms with E-state index in [9.17, 15) is 0 Å². The molecule has 14 heavy (non-hydrogen) atoms. The van der Waals surface area contributed by atoms with Crippen LogP contribution in [0.25, 0.3) is 0 Å². The first-order valence-corrected chi connectivity index (χ1v) is 6.51. The van der Waals surface area contributed by atoms with Crippen LogP contribution in [0.4, 0.5) is 0 Å². The van der Waals surface area contributed by atoms with Crippen LogP contribution >= 0.6 is 7.92 Å². The second-order valence-corrected chi connectivity index (χ2v) is 7.46. The van der Waals surface area contributed by atoms with E-state index < -0.39 is 0 Å². The quantitative estimate of drug-likeness (QED) is 0.488. The first-order valence-electron chi connectivity index (χ1n) is 4.72. The zero-order chi connectivity index (χ0) is 10.1. The summed E-state index contributed by atoms with van der Waals surface area (Å²) in [7, 11) is -0.0376. The molecule has 0 N–H and O–H groups in total. The summed E-state index contributed by atoms with van der Waals surface area (Å²) in [5, 5.41) is 1.96. The predicted octanol–water partition coefficient (Wildman–Crippen LogP) is 3.15. The normalized spacial score (nSPS) is 13.2. The summed E-state index contributed by atoms with van der Waals surface area (Å²) in [5.74, 6) is 0. The lowest BCUT2D eigenvalue weighted by Crippen LogP contribution is -2.19. The monoisotopic (exact) mass is 205 g/mol. The van der Waals surface area contributed by atoms with Gasteiger partial charge in [0.05, 0.1) is 0 Å². The van der Waals surface area contributed by atoms with Crippen LogP contribution in [0.1, 0.15) is 26.3 Å². The van der Waals surface area contributed by atoms with Crippen molar-refractivity contribution in [3.63, 3.8) is 0 Å². The molecule has 0 saturated carbocycles. The molecule has 0 fully saturated rings. The summed E-state index contributed by atoms with van der Waals surface area (Å²) in [4.78, 5) is 0. The van der Waals surface area contributed by atoms with Crippen molar-refractivity contribution in [3.05, 3.63) is 29.8 Å². The van der Waals surface area contributed by atoms with E-state index >= 15 is 0 Å². The van der Waals surface area contributed by atoms with E-state index in [4.69, 9.17) is 0 Å². The number of rotatable bonds is 1. The van der Waals surface area contributed by atoms with Crippen LogP contribution in [0.2, 0.25) is 0 Å². The maximum atomic E-state index is 2.37. The fraction of sp³-hybridized carbons (Fsp3) is 0.500. The second kappa shape index (κ2) is 4.98. The topological polar surface area (TPSA) is 0 Å². The fourth-order valence-corrected chi connectivity index (χ4v) is 2.94. The standard InChI is InChI=1S/C12H19P.B/c1-10-8-6-7-9-11(10)13(5)12(2,3)4;/h6-9H,1-5H3;/t13-;/m0./s1. The Bertz CT molecular complexity index is 289. The second-order valence-electron chi connectivity index (χ2n) is 4.52. The van der Waals surface area contributed by atoms with Crippen molar-refractivity contribution in [2.45, 2.75) is 32.9 Å². The molecule has 0 aliphatic carbocycles. The number of hydrogen-bond acceptors (Lipinski definition) is 0. The summed E-state index contributed by atoms with van der Waals surface area (Å²) in [5.41, 5.74) is 1.44. The van der Waals surface area contributed by atoms with Gasteiger partial charge in [0, 0.05) is 8.41 Å². The van der Waals surface area contributed by atoms with Gasteiger partial charge in [0.15, 0.2) is 0 Å². The molecule has 3 radical (unpaired) electrons. The lowest BCUT2D eigenvalue weighted by molar-refractivity contribution is 0.791. The molecule has 0 aliphatic heterocycles. The Morgan fingerprint density at radius 2 is 1.57 bits per heavy atom. The molecule has 0 saturated heterocycles. The Hall–Kier alpha value is -0.285. The Kier molecular flexibility index (Phi) is 4.88. The molecule has 75 valence electrons. The van der Waals surface area contributed by atoms with Crippen LogP contribution in [0.5, 0.6) is 0 Å². The van der Waals surface area contributed by atoms with E-state index in [1.807, 2.05) is 0 Å². The van der Waals surface area contributed by atoms with Gasteiger partial charge in [-0.3, -0.25) is 0 Å². The highest BCUT2D eigenvalue weighted by Crippen LogP contribution is 2.45. The Morgan fingerprint density at radius 3 is 2.00 bits per heavy atom. The molecule has 0 unspecified atom stereocenters. The highest BCUT2D eigenvalue weighted by atomic mass is 31.1. The summed E-state index contributed by atoms with van der Waals surface area (Å²) < 4.78 is 0. The summed E-state index contributed by atoms with van der Waals surface area (Å²) in [6.07, 6.45) is 0. The molecule has 1 rings (SSSR count). The van der Waals surface area contributed by atoms with Crippen LogP contribution in [-0.2, 0) is 0 Å². The summed E-state index contributed by atoms with van der Waals surface area (Å²) in [6, 6.07) is 8.74. The minimum atomic E-state index is -0.0376. The van der Waals surface area contributed by atoms with E-state index in [2.05, 4.69) is 58.6 Å². The van der Waals surface area contributed by atoms with Gasteiger partial charge in [-0.05, 0) is 29.6 Å². The Balaban J connectivity index is 0.00000169. The van der Waals surface area contributed by atoms with E-state index in [1.165, 1.54) is 5.56 Å². The van der Waals surface area contributed by atoms with E-state index in [1.54, 1.807) is 5.30 Å². The molecule has 2 heteroatoms. The third kappa shape index (κ3) is 3.13. The van der Waals surface area contributed by atoms with Crippen molar-refractivity contribution in [2.75, 3.05) is 6.66 Å². The van der Waals surface area contributed by atoms with E-state index in [0.29, 0.717) is 5.16 Å². The average molecular weight is 205 g/mol. The van der Waals surface area contributed by atoms with E-state index in [0.717, 1.165) is 0 Å². The van der Waals surface area contributed by atoms with Gasteiger partial charge in [-0.2, -0.15) is 0 Å². The van der Waals surface area contributed by atoms with Crippen molar-refractivity contribution in [3.8, 4) is 0 Å². The van der Waals surface area contributed by atoms with Gasteiger partial charge in [-0.25, -0.2) is 0 Å². The largest absolute Gasteiger partial charge is 0.0727 e. The highest BCUT2D eigenvalue weighted by molar-refractivity contribution is 7.66. The maximum Gasteiger partial charge on any atom is 0 e. The molecule has 0 heterocycles. The summed E-state index contributed by atoms with van der Waals surface area (Å²) >= 11 is 0. The molecule has 1 aromatic rings. The average Bonchev–Trinajstić information content (AvgIpc) is 2.02. The molecule has 1 atom stereocenters. The molecule has 0 amide bonds. The van der Waals surface area contributed by atoms with Crippen molar-refractivity contribution in [1.82, 2.24) is 0 Å². The van der Waals surface area contributed by atoms with Crippen LogP contribution in [0, 0.1) is 6.92 Å². The number of hydrogen-bond donors (Lipinski definition) is 0. The lowest BCUT2D eigenvalue weighted by atomic mass is 10.2. The SMILES string of the molecule is Cc1ccccc1[P@](C)C(C)(C)C.[B]. The van der Waals surface area contributed by atoms with Gasteiger partial charge in [0.1, 0.15) is 0 Å². The third-order valence-corrected chi connectivity index (χ3v) is 5.72. The third-order valence-electron chi connectivity index (χ3n) is 2.48. The van der Waals surface area contributed by atoms with E-state index in [-0.39, 0.29) is 16.3 Å². The van der Waals surface area contributed by atoms with Gasteiger partial charge >= 0.3 is 0 Å². The van der Waals surface area contributed by atoms with Crippen molar-refractivity contribution in [2.24, 2.45) is 0 Å². The lowest BCUT2D eigenvalue weighted by Gasteiger charge is -2.29. The van der Waals surface area contributed by atoms with Gasteiger partial charge in [0.25, 0.3) is 0 Å². The smallest absolute Gasteiger partial charge is 0 e. The number of benzene rings is 1. The molecule has 0 aromatic heterocycles. The van der Waals surface area contributed by atoms with Gasteiger partial charge in [0.2, 0.25) is 0 Å². The minimum absolute atomic E-state index is 0. The Morgan fingerprint density at radius 1 is 1.07 bits per heavy atom. The van der Waals surface area contributed by atoms with Gasteiger partial charge < -0.3 is 0 Å². The van der Waals surface area contributed by atoms with Crippen LogP contribution in [0.15, 0.2) is 24.3 Å². The first kappa shape index (κ1) is 13.7. The zero-order valence-electron chi connectivity index (χ0n) is 9.83. The van der Waals surface area contributed by atoms with Crippen LogP contribution in [-0.4, -0.2) is 20.2 Å². The van der Waals surface area contributed by atoms with Crippen LogP contribution < -0.4 is 5.30 Å². The van der Waals surface area contributed by atoms with Crippen molar-refractivity contribution in [1.29, 1.82) is 0 Å². The first-order chi connectivity index (χ1) is 5.93. The molecule has 0 aliphatic rings. The minimum Gasteiger partial charge on any atom is -0.0727 e. The molecular weight excluding hydrogens is 186 g/mol. The summed E-state index contributed by atoms with van der Waals surface area (Å²) in [6.45, 7) is 11.6. The molecular formula is C12H19BP. The molecule has 0 spiro atoms. The highest BCUT2D eigenvalue weighted by Gasteiger charge is 2.21. The fourth-order valence-electron chi connectivity index (χ4n) is 1.30. The van der Waals surface area contributed by atoms with Crippen molar-refractivity contribution < 1.29 is 0 Å². The number of aryl methyl sites for hydroxylation is 1. The van der Waals surface area contributed by atoms with Gasteiger partial charge in [-0.15, -0.1) is 0 Å². The molecule has 1 aromatic carbocycles. The van der Waals surface area contributed by atoms with Gasteiger partial charge in [-0.1, -0.05) is 53.0 Å².